The van der Waals surface area contributed by atoms with Crippen LogP contribution in [-0.4, -0.2) is 20.3 Å². The lowest BCUT2D eigenvalue weighted by Gasteiger charge is -2.07. The summed E-state index contributed by atoms with van der Waals surface area (Å²) in [6, 6.07) is 8.93. The molecule has 0 heterocycles. The number of amides is 1. The van der Waals surface area contributed by atoms with Gasteiger partial charge >= 0.3 is 0 Å². The molecule has 0 aromatic heterocycles. The van der Waals surface area contributed by atoms with Crippen LogP contribution in [0.3, 0.4) is 0 Å². The maximum absolute atomic E-state index is 11.1. The number of hydrogen-bond acceptors (Lipinski definition) is 4. The summed E-state index contributed by atoms with van der Waals surface area (Å²) in [5.41, 5.74) is 0.834. The highest BCUT2D eigenvalue weighted by atomic mass is 32.2. The van der Waals surface area contributed by atoms with E-state index in [0.29, 0.717) is 0 Å². The first-order valence-electron chi connectivity index (χ1n) is 4.25. The Kier molecular flexibility index (Phi) is 3.68. The smallest absolute Gasteiger partial charge is 0.233 e. The molecule has 15 heavy (non-hydrogen) atoms. The highest BCUT2D eigenvalue weighted by Gasteiger charge is 2.09. The number of carboxylic acid groups (broad SMARTS) is 1. The normalized spacial score (nSPS) is 10.9. The van der Waals surface area contributed by atoms with E-state index in [4.69, 9.17) is 0 Å². The Morgan fingerprint density at radius 1 is 1.27 bits per heavy atom. The molecular formula is C9H10NO4S-. The Hall–Kier alpha value is -1.56. The van der Waals surface area contributed by atoms with Crippen LogP contribution < -0.4 is 9.83 Å². The summed E-state index contributed by atoms with van der Waals surface area (Å²) in [5, 5.41) is 10.0. The SMILES string of the molecule is O=C([O-])NS(=O)(=O)CCc1ccccc1. The predicted octanol–water partition coefficient (Wildman–Crippen LogP) is -0.508. The van der Waals surface area contributed by atoms with Crippen LogP contribution in [0, 0.1) is 0 Å². The van der Waals surface area contributed by atoms with E-state index < -0.39 is 16.1 Å². The number of carbonyl (C=O) groups is 1. The van der Waals surface area contributed by atoms with Crippen molar-refractivity contribution in [2.24, 2.45) is 0 Å². The molecule has 0 bridgehead atoms. The fourth-order valence-corrected chi connectivity index (χ4v) is 1.94. The molecule has 0 spiro atoms. The summed E-state index contributed by atoms with van der Waals surface area (Å²) in [5.74, 6) is -0.273. The number of sulfonamides is 1. The molecule has 0 atom stereocenters. The van der Waals surface area contributed by atoms with E-state index in [1.54, 1.807) is 24.3 Å². The fraction of sp³-hybridized carbons (Fsp3) is 0.222. The monoisotopic (exact) mass is 228 g/mol. The van der Waals surface area contributed by atoms with E-state index in [1.807, 2.05) is 6.07 Å². The van der Waals surface area contributed by atoms with Crippen LogP contribution in [0.25, 0.3) is 0 Å². The molecule has 0 saturated heterocycles. The third-order valence-electron chi connectivity index (χ3n) is 1.74. The maximum atomic E-state index is 11.1. The first kappa shape index (κ1) is 11.5. The number of benzene rings is 1. The third kappa shape index (κ3) is 4.46. The average Bonchev–Trinajstić information content (AvgIpc) is 2.15. The first-order chi connectivity index (χ1) is 6.99. The van der Waals surface area contributed by atoms with Gasteiger partial charge in [0.2, 0.25) is 10.0 Å². The number of rotatable bonds is 4. The highest BCUT2D eigenvalue weighted by molar-refractivity contribution is 7.90. The molecule has 0 aliphatic rings. The van der Waals surface area contributed by atoms with Gasteiger partial charge in [-0.15, -0.1) is 0 Å². The highest BCUT2D eigenvalue weighted by Crippen LogP contribution is 2.00. The summed E-state index contributed by atoms with van der Waals surface area (Å²) >= 11 is 0. The number of carbonyl (C=O) groups excluding carboxylic acids is 1. The van der Waals surface area contributed by atoms with Gasteiger partial charge in [0.05, 0.1) is 5.75 Å². The van der Waals surface area contributed by atoms with Crippen LogP contribution in [0.4, 0.5) is 4.79 Å². The summed E-state index contributed by atoms with van der Waals surface area (Å²) in [6.07, 6.45) is -1.54. The van der Waals surface area contributed by atoms with E-state index in [-0.39, 0.29) is 12.2 Å². The van der Waals surface area contributed by atoms with Gasteiger partial charge in [0.1, 0.15) is 6.09 Å². The molecule has 0 radical (unpaired) electrons. The maximum Gasteiger partial charge on any atom is 0.233 e. The van der Waals surface area contributed by atoms with E-state index in [0.717, 1.165) is 5.56 Å². The van der Waals surface area contributed by atoms with Gasteiger partial charge in [-0.05, 0) is 12.0 Å². The topological polar surface area (TPSA) is 86.3 Å². The Bertz CT molecular complexity index is 427. The van der Waals surface area contributed by atoms with Crippen LogP contribution >= 0.6 is 0 Å². The Balaban J connectivity index is 2.54. The van der Waals surface area contributed by atoms with Crippen molar-refractivity contribution < 1.29 is 18.3 Å². The second kappa shape index (κ2) is 4.79. The molecule has 1 rings (SSSR count). The Morgan fingerprint density at radius 2 is 1.87 bits per heavy atom. The standard InChI is InChI=1S/C9H11NO4S/c11-9(12)10-15(13,14)7-6-8-4-2-1-3-5-8/h1-5,10H,6-7H2,(H,11,12)/p-1. The van der Waals surface area contributed by atoms with Crippen molar-refractivity contribution in [2.45, 2.75) is 6.42 Å². The quantitative estimate of drug-likeness (QED) is 0.752. The first-order valence-corrected chi connectivity index (χ1v) is 5.90. The molecule has 5 nitrogen and oxygen atoms in total. The van der Waals surface area contributed by atoms with Gasteiger partial charge in [-0.3, -0.25) is 4.72 Å². The molecule has 1 amide bonds. The minimum atomic E-state index is -3.79. The lowest BCUT2D eigenvalue weighted by molar-refractivity contribution is -0.247. The van der Waals surface area contributed by atoms with Gasteiger partial charge < -0.3 is 9.90 Å². The summed E-state index contributed by atoms with van der Waals surface area (Å²) in [4.78, 5) is 10.0. The number of aryl methyl sites for hydroxylation is 1. The summed E-state index contributed by atoms with van der Waals surface area (Å²) in [6.45, 7) is 0. The van der Waals surface area contributed by atoms with Crippen molar-refractivity contribution >= 4 is 16.1 Å². The van der Waals surface area contributed by atoms with Crippen molar-refractivity contribution in [3.05, 3.63) is 35.9 Å². The minimum absolute atomic E-state index is 0.267. The lowest BCUT2D eigenvalue weighted by atomic mass is 10.2. The van der Waals surface area contributed by atoms with Gasteiger partial charge in [-0.1, -0.05) is 30.3 Å². The minimum Gasteiger partial charge on any atom is -0.529 e. The van der Waals surface area contributed by atoms with E-state index in [1.165, 1.54) is 4.72 Å². The summed E-state index contributed by atoms with van der Waals surface area (Å²) in [7, 11) is -3.79. The van der Waals surface area contributed by atoms with Gasteiger partial charge in [-0.25, -0.2) is 8.42 Å². The van der Waals surface area contributed by atoms with E-state index in [9.17, 15) is 18.3 Å². The zero-order chi connectivity index (χ0) is 11.3. The molecule has 1 aromatic rings. The van der Waals surface area contributed by atoms with E-state index in [2.05, 4.69) is 0 Å². The molecule has 0 saturated carbocycles. The molecule has 0 aliphatic heterocycles. The lowest BCUT2D eigenvalue weighted by Crippen LogP contribution is -2.41. The van der Waals surface area contributed by atoms with Crippen LogP contribution in [0.1, 0.15) is 5.56 Å². The van der Waals surface area contributed by atoms with Crippen LogP contribution in [0.2, 0.25) is 0 Å². The molecule has 0 unspecified atom stereocenters. The summed E-state index contributed by atoms with van der Waals surface area (Å²) < 4.78 is 23.5. The Morgan fingerprint density at radius 3 is 2.40 bits per heavy atom. The van der Waals surface area contributed by atoms with E-state index >= 15 is 0 Å². The van der Waals surface area contributed by atoms with Crippen molar-refractivity contribution in [2.75, 3.05) is 5.75 Å². The third-order valence-corrected chi connectivity index (χ3v) is 2.96. The molecule has 0 fully saturated rings. The second-order valence-corrected chi connectivity index (χ2v) is 4.79. The van der Waals surface area contributed by atoms with Crippen LogP contribution in [0.15, 0.2) is 30.3 Å². The van der Waals surface area contributed by atoms with Crippen LogP contribution in [0.5, 0.6) is 0 Å². The van der Waals surface area contributed by atoms with Gasteiger partial charge in [0.25, 0.3) is 0 Å². The zero-order valence-corrected chi connectivity index (χ0v) is 8.66. The molecule has 0 aliphatic carbocycles. The average molecular weight is 228 g/mol. The fourth-order valence-electron chi connectivity index (χ4n) is 1.07. The molecule has 6 heteroatoms. The van der Waals surface area contributed by atoms with Gasteiger partial charge in [0, 0.05) is 0 Å². The largest absolute Gasteiger partial charge is 0.529 e. The van der Waals surface area contributed by atoms with Crippen molar-refractivity contribution in [1.29, 1.82) is 0 Å². The van der Waals surface area contributed by atoms with Crippen molar-refractivity contribution in [3.8, 4) is 0 Å². The van der Waals surface area contributed by atoms with Crippen molar-refractivity contribution in [1.82, 2.24) is 4.72 Å². The number of nitrogens with one attached hydrogen (secondary N) is 1. The zero-order valence-electron chi connectivity index (χ0n) is 7.84. The van der Waals surface area contributed by atoms with Crippen LogP contribution in [-0.2, 0) is 16.4 Å². The van der Waals surface area contributed by atoms with Gasteiger partial charge in [0.15, 0.2) is 0 Å². The Labute approximate surface area is 87.8 Å². The molecule has 1 N–H and O–H groups in total. The van der Waals surface area contributed by atoms with Crippen molar-refractivity contribution in [3.63, 3.8) is 0 Å². The molecule has 1 aromatic carbocycles. The molecular weight excluding hydrogens is 218 g/mol. The number of hydrogen-bond donors (Lipinski definition) is 1. The van der Waals surface area contributed by atoms with Gasteiger partial charge in [-0.2, -0.15) is 0 Å². The predicted molar refractivity (Wildman–Crippen MR) is 52.5 cm³/mol. The second-order valence-electron chi connectivity index (χ2n) is 2.94. The molecule has 82 valence electrons.